The number of aryl methyl sites for hydroxylation is 1. The minimum absolute atomic E-state index is 0.491. The van der Waals surface area contributed by atoms with Crippen molar-refractivity contribution in [2.45, 2.75) is 13.5 Å². The Morgan fingerprint density at radius 1 is 1.11 bits per heavy atom. The van der Waals surface area contributed by atoms with Gasteiger partial charge in [0.25, 0.3) is 0 Å². The summed E-state index contributed by atoms with van der Waals surface area (Å²) >= 11 is 0. The summed E-state index contributed by atoms with van der Waals surface area (Å²) in [7, 11) is 0. The SMILES string of the molecule is Cc1ccc2c(c1)C(=NO)c1ccccc1CO2. The Kier molecular flexibility index (Phi) is 2.52. The summed E-state index contributed by atoms with van der Waals surface area (Å²) in [5.74, 6) is 0.754. The number of nitrogens with zero attached hydrogens (tertiary/aromatic N) is 1. The molecular formula is C15H13NO2. The third-order valence-electron chi connectivity index (χ3n) is 3.15. The molecule has 0 unspecified atom stereocenters. The van der Waals surface area contributed by atoms with Crippen LogP contribution < -0.4 is 4.74 Å². The van der Waals surface area contributed by atoms with E-state index in [9.17, 15) is 5.21 Å². The summed E-state index contributed by atoms with van der Waals surface area (Å²) < 4.78 is 5.77. The molecule has 0 bridgehead atoms. The van der Waals surface area contributed by atoms with Crippen LogP contribution in [0.25, 0.3) is 0 Å². The average molecular weight is 239 g/mol. The third-order valence-corrected chi connectivity index (χ3v) is 3.15. The summed E-state index contributed by atoms with van der Waals surface area (Å²) in [5, 5.41) is 12.8. The largest absolute Gasteiger partial charge is 0.488 e. The normalized spacial score (nSPS) is 15.5. The zero-order chi connectivity index (χ0) is 12.5. The highest BCUT2D eigenvalue weighted by molar-refractivity contribution is 6.15. The number of ether oxygens (including phenoxy) is 1. The first-order valence-corrected chi connectivity index (χ1v) is 5.84. The van der Waals surface area contributed by atoms with Crippen LogP contribution in [0, 0.1) is 6.92 Å². The van der Waals surface area contributed by atoms with Gasteiger partial charge in [-0.2, -0.15) is 0 Å². The highest BCUT2D eigenvalue weighted by atomic mass is 16.5. The average Bonchev–Trinajstić information content (AvgIpc) is 2.54. The number of fused-ring (bicyclic) bond motifs is 2. The van der Waals surface area contributed by atoms with Crippen molar-refractivity contribution >= 4 is 5.71 Å². The predicted molar refractivity (Wildman–Crippen MR) is 69.4 cm³/mol. The zero-order valence-corrected chi connectivity index (χ0v) is 10.1. The molecule has 0 saturated heterocycles. The fraction of sp³-hybridized carbons (Fsp3) is 0.133. The second kappa shape index (κ2) is 4.18. The fourth-order valence-corrected chi connectivity index (χ4v) is 2.24. The minimum Gasteiger partial charge on any atom is -0.488 e. The summed E-state index contributed by atoms with van der Waals surface area (Å²) in [6, 6.07) is 13.7. The van der Waals surface area contributed by atoms with Crippen molar-refractivity contribution in [1.29, 1.82) is 0 Å². The summed E-state index contributed by atoms with van der Waals surface area (Å²) in [6.45, 7) is 2.50. The van der Waals surface area contributed by atoms with Gasteiger partial charge >= 0.3 is 0 Å². The van der Waals surface area contributed by atoms with E-state index in [0.717, 1.165) is 28.0 Å². The highest BCUT2D eigenvalue weighted by Crippen LogP contribution is 2.29. The quantitative estimate of drug-likeness (QED) is 0.567. The van der Waals surface area contributed by atoms with Crippen LogP contribution in [0.3, 0.4) is 0 Å². The standard InChI is InChI=1S/C15H13NO2/c1-10-6-7-14-13(8-10)15(16-17)12-5-3-2-4-11(12)9-18-14/h2-8,17H,9H2,1H3. The Labute approximate surface area is 105 Å². The van der Waals surface area contributed by atoms with E-state index in [1.54, 1.807) is 0 Å². The molecule has 1 N–H and O–H groups in total. The van der Waals surface area contributed by atoms with Crippen molar-refractivity contribution in [3.63, 3.8) is 0 Å². The van der Waals surface area contributed by atoms with Gasteiger partial charge in [-0.05, 0) is 24.6 Å². The molecule has 1 heterocycles. The lowest BCUT2D eigenvalue weighted by molar-refractivity contribution is 0.307. The predicted octanol–water partition coefficient (Wildman–Crippen LogP) is 3.11. The maximum atomic E-state index is 9.33. The van der Waals surface area contributed by atoms with Gasteiger partial charge in [0.1, 0.15) is 18.1 Å². The molecule has 2 aromatic rings. The number of hydrogen-bond donors (Lipinski definition) is 1. The first-order chi connectivity index (χ1) is 8.79. The summed E-state index contributed by atoms with van der Waals surface area (Å²) in [4.78, 5) is 0. The molecule has 90 valence electrons. The van der Waals surface area contributed by atoms with Crippen LogP contribution in [0.1, 0.15) is 22.3 Å². The molecule has 1 aliphatic rings. The van der Waals surface area contributed by atoms with E-state index in [1.165, 1.54) is 0 Å². The van der Waals surface area contributed by atoms with Gasteiger partial charge in [-0.15, -0.1) is 0 Å². The van der Waals surface area contributed by atoms with Crippen LogP contribution in [0.15, 0.2) is 47.6 Å². The van der Waals surface area contributed by atoms with Gasteiger partial charge in [0.15, 0.2) is 0 Å². The van der Waals surface area contributed by atoms with E-state index in [4.69, 9.17) is 4.74 Å². The van der Waals surface area contributed by atoms with E-state index in [-0.39, 0.29) is 0 Å². The van der Waals surface area contributed by atoms with Gasteiger partial charge in [-0.25, -0.2) is 0 Å². The van der Waals surface area contributed by atoms with Crippen LogP contribution >= 0.6 is 0 Å². The van der Waals surface area contributed by atoms with E-state index >= 15 is 0 Å². The molecule has 0 fully saturated rings. The van der Waals surface area contributed by atoms with Crippen LogP contribution in [0.2, 0.25) is 0 Å². The smallest absolute Gasteiger partial charge is 0.129 e. The second-order valence-corrected chi connectivity index (χ2v) is 4.39. The molecule has 3 nitrogen and oxygen atoms in total. The number of oxime groups is 1. The lowest BCUT2D eigenvalue weighted by Crippen LogP contribution is -2.04. The van der Waals surface area contributed by atoms with Gasteiger partial charge < -0.3 is 9.94 Å². The number of hydrogen-bond acceptors (Lipinski definition) is 3. The third kappa shape index (κ3) is 1.64. The zero-order valence-electron chi connectivity index (χ0n) is 10.1. The van der Waals surface area contributed by atoms with E-state index < -0.39 is 0 Å². The molecule has 3 heteroatoms. The molecular weight excluding hydrogens is 226 g/mol. The molecule has 0 atom stereocenters. The van der Waals surface area contributed by atoms with Crippen LogP contribution in [0.5, 0.6) is 5.75 Å². The van der Waals surface area contributed by atoms with Crippen LogP contribution in [-0.2, 0) is 6.61 Å². The minimum atomic E-state index is 0.491. The number of rotatable bonds is 0. The molecule has 2 aromatic carbocycles. The summed E-state index contributed by atoms with van der Waals surface area (Å²) in [5.41, 5.74) is 4.46. The molecule has 0 aliphatic carbocycles. The highest BCUT2D eigenvalue weighted by Gasteiger charge is 2.20. The van der Waals surface area contributed by atoms with E-state index in [1.807, 2.05) is 49.4 Å². The maximum Gasteiger partial charge on any atom is 0.129 e. The Hall–Kier alpha value is -2.29. The van der Waals surface area contributed by atoms with Gasteiger partial charge in [0, 0.05) is 11.1 Å². The molecule has 0 saturated carbocycles. The molecule has 3 rings (SSSR count). The lowest BCUT2D eigenvalue weighted by Gasteiger charge is -2.08. The Balaban J connectivity index is 2.27. The molecule has 0 amide bonds. The van der Waals surface area contributed by atoms with Crippen molar-refractivity contribution in [3.05, 3.63) is 64.7 Å². The van der Waals surface area contributed by atoms with Crippen molar-refractivity contribution in [2.24, 2.45) is 5.16 Å². The first kappa shape index (κ1) is 10.8. The Morgan fingerprint density at radius 2 is 1.94 bits per heavy atom. The lowest BCUT2D eigenvalue weighted by atomic mass is 9.97. The first-order valence-electron chi connectivity index (χ1n) is 5.84. The Bertz CT molecular complexity index is 632. The van der Waals surface area contributed by atoms with Crippen molar-refractivity contribution in [3.8, 4) is 5.75 Å². The monoisotopic (exact) mass is 239 g/mol. The van der Waals surface area contributed by atoms with Crippen molar-refractivity contribution in [1.82, 2.24) is 0 Å². The van der Waals surface area contributed by atoms with Gasteiger partial charge in [-0.3, -0.25) is 0 Å². The van der Waals surface area contributed by atoms with Gasteiger partial charge in [-0.1, -0.05) is 41.1 Å². The molecule has 18 heavy (non-hydrogen) atoms. The maximum absolute atomic E-state index is 9.33. The van der Waals surface area contributed by atoms with Gasteiger partial charge in [0.2, 0.25) is 0 Å². The van der Waals surface area contributed by atoms with Crippen LogP contribution in [-0.4, -0.2) is 10.9 Å². The fourth-order valence-electron chi connectivity index (χ4n) is 2.24. The molecule has 0 spiro atoms. The molecule has 0 aromatic heterocycles. The summed E-state index contributed by atoms with van der Waals surface area (Å²) in [6.07, 6.45) is 0. The van der Waals surface area contributed by atoms with E-state index in [0.29, 0.717) is 12.3 Å². The number of benzene rings is 2. The van der Waals surface area contributed by atoms with E-state index in [2.05, 4.69) is 5.16 Å². The van der Waals surface area contributed by atoms with Crippen molar-refractivity contribution in [2.75, 3.05) is 0 Å². The second-order valence-electron chi connectivity index (χ2n) is 4.39. The Morgan fingerprint density at radius 3 is 2.78 bits per heavy atom. The molecule has 0 radical (unpaired) electrons. The van der Waals surface area contributed by atoms with Crippen molar-refractivity contribution < 1.29 is 9.94 Å². The molecule has 1 aliphatic heterocycles. The van der Waals surface area contributed by atoms with Gasteiger partial charge in [0.05, 0.1) is 0 Å². The topological polar surface area (TPSA) is 41.8 Å². The van der Waals surface area contributed by atoms with Crippen LogP contribution in [0.4, 0.5) is 0 Å².